The number of carbonyl (C=O) groups is 1. The predicted octanol–water partition coefficient (Wildman–Crippen LogP) is 0.899. The molecule has 17 heavy (non-hydrogen) atoms. The first kappa shape index (κ1) is 11.5. The van der Waals surface area contributed by atoms with Crippen LogP contribution in [0, 0.1) is 6.92 Å². The van der Waals surface area contributed by atoms with Gasteiger partial charge in [-0.1, -0.05) is 16.9 Å². The minimum atomic E-state index is -0.207. The van der Waals surface area contributed by atoms with Crippen LogP contribution in [0.2, 0.25) is 0 Å². The summed E-state index contributed by atoms with van der Waals surface area (Å²) in [5.41, 5.74) is 0.541. The molecule has 0 saturated carbocycles. The highest BCUT2D eigenvalue weighted by Crippen LogP contribution is 2.12. The van der Waals surface area contributed by atoms with E-state index < -0.39 is 0 Å². The van der Waals surface area contributed by atoms with Crippen LogP contribution in [0.5, 0.6) is 0 Å². The Hall–Kier alpha value is -1.96. The molecule has 7 nitrogen and oxygen atoms in total. The molecule has 0 unspecified atom stereocenters. The van der Waals surface area contributed by atoms with Crippen LogP contribution in [0.25, 0.3) is 0 Å². The molecule has 2 aromatic rings. The van der Waals surface area contributed by atoms with E-state index in [1.807, 2.05) is 0 Å². The second kappa shape index (κ2) is 5.39. The topological polar surface area (TPSA) is 93.8 Å². The van der Waals surface area contributed by atoms with E-state index in [1.54, 1.807) is 25.4 Å². The van der Waals surface area contributed by atoms with Crippen LogP contribution in [0.1, 0.15) is 5.69 Å². The highest BCUT2D eigenvalue weighted by atomic mass is 32.2. The number of aromatic nitrogens is 4. The molecule has 0 saturated heterocycles. The van der Waals surface area contributed by atoms with Crippen LogP contribution in [0.15, 0.2) is 28.2 Å². The lowest BCUT2D eigenvalue weighted by Crippen LogP contribution is -2.15. The standard InChI is InChI=1S/C9H9N5O2S/c1-6-8(14-16-13-6)12-7(15)5-17-9-10-3-2-4-11-9/h2-4H,5H2,1H3,(H,12,14,15). The minimum Gasteiger partial charge on any atom is -0.306 e. The molecule has 0 spiro atoms. The van der Waals surface area contributed by atoms with Gasteiger partial charge in [0.2, 0.25) is 5.91 Å². The maximum absolute atomic E-state index is 11.5. The summed E-state index contributed by atoms with van der Waals surface area (Å²) in [5, 5.41) is 10.2. The Balaban J connectivity index is 1.85. The second-order valence-electron chi connectivity index (χ2n) is 3.07. The fourth-order valence-electron chi connectivity index (χ4n) is 1.00. The van der Waals surface area contributed by atoms with Crippen molar-refractivity contribution in [1.29, 1.82) is 0 Å². The molecule has 0 aliphatic rings. The fourth-order valence-corrected chi connectivity index (χ4v) is 1.61. The molecule has 2 heterocycles. The highest BCUT2D eigenvalue weighted by Gasteiger charge is 2.10. The SMILES string of the molecule is Cc1nonc1NC(=O)CSc1ncccn1. The van der Waals surface area contributed by atoms with Crippen LogP contribution in [0.4, 0.5) is 5.82 Å². The summed E-state index contributed by atoms with van der Waals surface area (Å²) in [5.74, 6) is 0.335. The summed E-state index contributed by atoms with van der Waals surface area (Å²) in [7, 11) is 0. The Morgan fingerprint density at radius 2 is 2.18 bits per heavy atom. The van der Waals surface area contributed by atoms with E-state index in [9.17, 15) is 4.79 Å². The van der Waals surface area contributed by atoms with Crippen molar-refractivity contribution in [1.82, 2.24) is 20.3 Å². The average Bonchev–Trinajstić information content (AvgIpc) is 2.74. The van der Waals surface area contributed by atoms with E-state index in [1.165, 1.54) is 11.8 Å². The second-order valence-corrected chi connectivity index (χ2v) is 4.01. The zero-order chi connectivity index (χ0) is 12.1. The normalized spacial score (nSPS) is 10.2. The molecule has 88 valence electrons. The zero-order valence-electron chi connectivity index (χ0n) is 8.95. The number of nitrogens with zero attached hydrogens (tertiary/aromatic N) is 4. The first-order valence-corrected chi connectivity index (χ1v) is 5.73. The van der Waals surface area contributed by atoms with E-state index in [-0.39, 0.29) is 11.7 Å². The summed E-state index contributed by atoms with van der Waals surface area (Å²) in [6, 6.07) is 1.72. The number of anilines is 1. The van der Waals surface area contributed by atoms with E-state index >= 15 is 0 Å². The third-order valence-electron chi connectivity index (χ3n) is 1.78. The first-order valence-electron chi connectivity index (χ1n) is 4.74. The number of amides is 1. The summed E-state index contributed by atoms with van der Waals surface area (Å²) >= 11 is 1.24. The van der Waals surface area contributed by atoms with Gasteiger partial charge in [0.05, 0.1) is 5.75 Å². The Morgan fingerprint density at radius 3 is 2.82 bits per heavy atom. The van der Waals surface area contributed by atoms with Crippen LogP contribution in [-0.4, -0.2) is 31.9 Å². The predicted molar refractivity (Wildman–Crippen MR) is 60.4 cm³/mol. The smallest absolute Gasteiger partial charge is 0.236 e. The Morgan fingerprint density at radius 1 is 1.41 bits per heavy atom. The molecule has 0 aliphatic heterocycles. The number of rotatable bonds is 4. The average molecular weight is 251 g/mol. The van der Waals surface area contributed by atoms with Crippen molar-refractivity contribution in [2.45, 2.75) is 12.1 Å². The van der Waals surface area contributed by atoms with Crippen LogP contribution < -0.4 is 5.32 Å². The van der Waals surface area contributed by atoms with E-state index in [2.05, 4.69) is 30.2 Å². The van der Waals surface area contributed by atoms with Crippen molar-refractivity contribution in [2.24, 2.45) is 0 Å². The molecule has 0 fully saturated rings. The van der Waals surface area contributed by atoms with Crippen molar-refractivity contribution in [2.75, 3.05) is 11.1 Å². The van der Waals surface area contributed by atoms with Crippen LogP contribution in [-0.2, 0) is 4.79 Å². The first-order chi connectivity index (χ1) is 8.25. The van der Waals surface area contributed by atoms with E-state index in [0.717, 1.165) is 0 Å². The van der Waals surface area contributed by atoms with Crippen LogP contribution in [0.3, 0.4) is 0 Å². The quantitative estimate of drug-likeness (QED) is 0.637. The molecular weight excluding hydrogens is 242 g/mol. The number of hydrogen-bond donors (Lipinski definition) is 1. The molecule has 0 bridgehead atoms. The van der Waals surface area contributed by atoms with Gasteiger partial charge >= 0.3 is 0 Å². The lowest BCUT2D eigenvalue weighted by Gasteiger charge is -2.00. The number of thioether (sulfide) groups is 1. The molecule has 1 N–H and O–H groups in total. The summed E-state index contributed by atoms with van der Waals surface area (Å²) < 4.78 is 4.46. The van der Waals surface area contributed by atoms with Gasteiger partial charge in [0.1, 0.15) is 5.69 Å². The maximum atomic E-state index is 11.5. The van der Waals surface area contributed by atoms with Crippen LogP contribution >= 0.6 is 11.8 Å². The number of carbonyl (C=O) groups excluding carboxylic acids is 1. The largest absolute Gasteiger partial charge is 0.306 e. The fraction of sp³-hybridized carbons (Fsp3) is 0.222. The molecule has 0 atom stereocenters. The molecule has 0 aliphatic carbocycles. The molecule has 2 rings (SSSR count). The number of nitrogens with one attached hydrogen (secondary N) is 1. The summed E-state index contributed by atoms with van der Waals surface area (Å²) in [6.45, 7) is 1.69. The van der Waals surface area contributed by atoms with Gasteiger partial charge in [-0.05, 0) is 18.1 Å². The Bertz CT molecular complexity index is 501. The maximum Gasteiger partial charge on any atom is 0.236 e. The number of hydrogen-bond acceptors (Lipinski definition) is 7. The van der Waals surface area contributed by atoms with Crippen molar-refractivity contribution in [3.8, 4) is 0 Å². The lowest BCUT2D eigenvalue weighted by atomic mass is 10.5. The van der Waals surface area contributed by atoms with Crippen molar-refractivity contribution in [3.05, 3.63) is 24.2 Å². The van der Waals surface area contributed by atoms with Gasteiger partial charge in [0.25, 0.3) is 0 Å². The monoisotopic (exact) mass is 251 g/mol. The Labute approximate surface area is 101 Å². The van der Waals surface area contributed by atoms with Gasteiger partial charge in [0.15, 0.2) is 11.0 Å². The van der Waals surface area contributed by atoms with Gasteiger partial charge in [-0.25, -0.2) is 14.6 Å². The van der Waals surface area contributed by atoms with Gasteiger partial charge in [-0.3, -0.25) is 4.79 Å². The Kier molecular flexibility index (Phi) is 3.66. The van der Waals surface area contributed by atoms with Gasteiger partial charge < -0.3 is 5.32 Å². The van der Waals surface area contributed by atoms with Gasteiger partial charge in [-0.15, -0.1) is 0 Å². The van der Waals surface area contributed by atoms with Crippen molar-refractivity contribution in [3.63, 3.8) is 0 Å². The van der Waals surface area contributed by atoms with Crippen molar-refractivity contribution < 1.29 is 9.42 Å². The number of aryl methyl sites for hydroxylation is 1. The third-order valence-corrected chi connectivity index (χ3v) is 2.66. The molecule has 0 aromatic carbocycles. The molecule has 1 amide bonds. The van der Waals surface area contributed by atoms with E-state index in [4.69, 9.17) is 0 Å². The minimum absolute atomic E-state index is 0.205. The van der Waals surface area contributed by atoms with Crippen molar-refractivity contribution >= 4 is 23.5 Å². The third kappa shape index (κ3) is 3.25. The molecule has 2 aromatic heterocycles. The summed E-state index contributed by atoms with van der Waals surface area (Å²) in [4.78, 5) is 19.5. The highest BCUT2D eigenvalue weighted by molar-refractivity contribution is 7.99. The van der Waals surface area contributed by atoms with Gasteiger partial charge in [0, 0.05) is 12.4 Å². The zero-order valence-corrected chi connectivity index (χ0v) is 9.77. The molecular formula is C9H9N5O2S. The van der Waals surface area contributed by atoms with Gasteiger partial charge in [-0.2, -0.15) is 0 Å². The lowest BCUT2D eigenvalue weighted by molar-refractivity contribution is -0.113. The molecule has 0 radical (unpaired) electrons. The summed E-state index contributed by atoms with van der Waals surface area (Å²) in [6.07, 6.45) is 3.25. The molecule has 8 heteroatoms. The van der Waals surface area contributed by atoms with E-state index in [0.29, 0.717) is 16.7 Å².